The van der Waals surface area contributed by atoms with Crippen molar-refractivity contribution in [2.24, 2.45) is 0 Å². The standard InChI is InChI=1S/C14H21N3O3/c1-3-20-13-8-11(7-12(9-13)17(18)19)16-14-5-4-6-15-10(14)2/h7-10,14-16H,3-6H2,1-2H3. The van der Waals surface area contributed by atoms with Gasteiger partial charge in [-0.2, -0.15) is 0 Å². The first kappa shape index (κ1) is 14.6. The number of rotatable bonds is 5. The molecule has 2 unspecified atom stereocenters. The second kappa shape index (κ2) is 6.56. The molecule has 2 N–H and O–H groups in total. The molecule has 1 fully saturated rings. The summed E-state index contributed by atoms with van der Waals surface area (Å²) in [5, 5.41) is 17.8. The Bertz CT molecular complexity index is 479. The molecule has 2 atom stereocenters. The predicted molar refractivity (Wildman–Crippen MR) is 78.4 cm³/mol. The number of anilines is 1. The average molecular weight is 279 g/mol. The van der Waals surface area contributed by atoms with Crippen molar-refractivity contribution >= 4 is 11.4 Å². The third-order valence-electron chi connectivity index (χ3n) is 3.53. The smallest absolute Gasteiger partial charge is 0.275 e. The third kappa shape index (κ3) is 3.60. The van der Waals surface area contributed by atoms with Crippen molar-refractivity contribution in [3.63, 3.8) is 0 Å². The lowest BCUT2D eigenvalue weighted by molar-refractivity contribution is -0.384. The van der Waals surface area contributed by atoms with Gasteiger partial charge >= 0.3 is 0 Å². The van der Waals surface area contributed by atoms with Gasteiger partial charge in [-0.05, 0) is 33.2 Å². The molecule has 0 saturated carbocycles. The largest absolute Gasteiger partial charge is 0.494 e. The van der Waals surface area contributed by atoms with Crippen LogP contribution in [0.25, 0.3) is 0 Å². The van der Waals surface area contributed by atoms with Gasteiger partial charge in [-0.1, -0.05) is 0 Å². The van der Waals surface area contributed by atoms with E-state index in [-0.39, 0.29) is 11.7 Å². The van der Waals surface area contributed by atoms with Crippen molar-refractivity contribution < 1.29 is 9.66 Å². The van der Waals surface area contributed by atoms with Crippen LogP contribution in [0.5, 0.6) is 5.75 Å². The van der Waals surface area contributed by atoms with Crippen LogP contribution >= 0.6 is 0 Å². The number of hydrogen-bond donors (Lipinski definition) is 2. The second-order valence-electron chi connectivity index (χ2n) is 5.04. The molecule has 0 aliphatic carbocycles. The quantitative estimate of drug-likeness (QED) is 0.640. The molecular weight excluding hydrogens is 258 g/mol. The Kier molecular flexibility index (Phi) is 4.79. The van der Waals surface area contributed by atoms with Crippen LogP contribution in [-0.2, 0) is 0 Å². The van der Waals surface area contributed by atoms with Gasteiger partial charge in [0.05, 0.1) is 17.6 Å². The van der Waals surface area contributed by atoms with E-state index in [0.717, 1.165) is 25.1 Å². The Morgan fingerprint density at radius 3 is 2.95 bits per heavy atom. The molecule has 0 bridgehead atoms. The minimum absolute atomic E-state index is 0.0508. The van der Waals surface area contributed by atoms with Crippen molar-refractivity contribution in [2.75, 3.05) is 18.5 Å². The van der Waals surface area contributed by atoms with E-state index in [4.69, 9.17) is 4.74 Å². The van der Waals surface area contributed by atoms with Crippen LogP contribution < -0.4 is 15.4 Å². The maximum Gasteiger partial charge on any atom is 0.275 e. The maximum absolute atomic E-state index is 11.0. The van der Waals surface area contributed by atoms with E-state index in [1.165, 1.54) is 6.07 Å². The SMILES string of the molecule is CCOc1cc(NC2CCCNC2C)cc([N+](=O)[O-])c1. The molecule has 1 aromatic carbocycles. The number of hydrogen-bond acceptors (Lipinski definition) is 5. The summed E-state index contributed by atoms with van der Waals surface area (Å²) in [7, 11) is 0. The molecule has 110 valence electrons. The van der Waals surface area contributed by atoms with E-state index in [1.807, 2.05) is 13.0 Å². The molecular formula is C14H21N3O3. The first-order valence-corrected chi connectivity index (χ1v) is 7.02. The Hall–Kier alpha value is -1.82. The van der Waals surface area contributed by atoms with Gasteiger partial charge in [-0.3, -0.25) is 10.1 Å². The fraction of sp³-hybridized carbons (Fsp3) is 0.571. The summed E-state index contributed by atoms with van der Waals surface area (Å²) >= 11 is 0. The zero-order valence-corrected chi connectivity index (χ0v) is 11.9. The van der Waals surface area contributed by atoms with Gasteiger partial charge in [0.2, 0.25) is 0 Å². The van der Waals surface area contributed by atoms with Crippen LogP contribution in [-0.4, -0.2) is 30.2 Å². The Morgan fingerprint density at radius 1 is 1.50 bits per heavy atom. The molecule has 2 rings (SSSR count). The third-order valence-corrected chi connectivity index (χ3v) is 3.53. The van der Waals surface area contributed by atoms with E-state index in [0.29, 0.717) is 18.4 Å². The molecule has 1 aromatic rings. The minimum Gasteiger partial charge on any atom is -0.494 e. The van der Waals surface area contributed by atoms with Gasteiger partial charge in [0, 0.05) is 29.9 Å². The highest BCUT2D eigenvalue weighted by atomic mass is 16.6. The summed E-state index contributed by atoms with van der Waals surface area (Å²) in [6.45, 7) is 5.50. The van der Waals surface area contributed by atoms with Crippen molar-refractivity contribution in [3.05, 3.63) is 28.3 Å². The van der Waals surface area contributed by atoms with Crippen LogP contribution in [0.2, 0.25) is 0 Å². The lowest BCUT2D eigenvalue weighted by Crippen LogP contribution is -2.46. The number of nitro groups is 1. The van der Waals surface area contributed by atoms with E-state index in [2.05, 4.69) is 17.6 Å². The zero-order chi connectivity index (χ0) is 14.5. The van der Waals surface area contributed by atoms with Crippen LogP contribution in [0.1, 0.15) is 26.7 Å². The molecule has 0 radical (unpaired) electrons. The number of nitro benzene ring substituents is 1. The predicted octanol–water partition coefficient (Wildman–Crippen LogP) is 2.55. The highest BCUT2D eigenvalue weighted by Crippen LogP contribution is 2.27. The molecule has 1 aliphatic heterocycles. The lowest BCUT2D eigenvalue weighted by atomic mass is 9.99. The molecule has 1 aliphatic rings. The van der Waals surface area contributed by atoms with Gasteiger partial charge in [0.1, 0.15) is 5.75 Å². The van der Waals surface area contributed by atoms with Crippen molar-refractivity contribution in [2.45, 2.75) is 38.8 Å². The molecule has 0 spiro atoms. The second-order valence-corrected chi connectivity index (χ2v) is 5.04. The molecule has 20 heavy (non-hydrogen) atoms. The van der Waals surface area contributed by atoms with Crippen LogP contribution in [0.4, 0.5) is 11.4 Å². The Labute approximate surface area is 118 Å². The summed E-state index contributed by atoms with van der Waals surface area (Å²) in [5.74, 6) is 0.528. The normalized spacial score (nSPS) is 22.3. The summed E-state index contributed by atoms with van der Waals surface area (Å²) < 4.78 is 5.39. The van der Waals surface area contributed by atoms with E-state index >= 15 is 0 Å². The molecule has 6 nitrogen and oxygen atoms in total. The van der Waals surface area contributed by atoms with Crippen LogP contribution in [0.3, 0.4) is 0 Å². The van der Waals surface area contributed by atoms with E-state index < -0.39 is 4.92 Å². The van der Waals surface area contributed by atoms with Gasteiger partial charge in [0.15, 0.2) is 0 Å². The van der Waals surface area contributed by atoms with Crippen LogP contribution in [0.15, 0.2) is 18.2 Å². The highest BCUT2D eigenvalue weighted by molar-refractivity contribution is 5.57. The Balaban J connectivity index is 2.18. The number of nitrogens with one attached hydrogen (secondary N) is 2. The number of non-ortho nitro benzene ring substituents is 1. The number of piperidine rings is 1. The fourth-order valence-electron chi connectivity index (χ4n) is 2.48. The van der Waals surface area contributed by atoms with E-state index in [1.54, 1.807) is 6.07 Å². The number of nitrogens with zero attached hydrogens (tertiary/aromatic N) is 1. The van der Waals surface area contributed by atoms with Gasteiger partial charge in [-0.15, -0.1) is 0 Å². The topological polar surface area (TPSA) is 76.4 Å². The maximum atomic E-state index is 11.0. The molecule has 1 saturated heterocycles. The molecule has 0 amide bonds. The van der Waals surface area contributed by atoms with Gasteiger partial charge < -0.3 is 15.4 Å². The molecule has 6 heteroatoms. The summed E-state index contributed by atoms with van der Waals surface area (Å²) in [6, 6.07) is 5.46. The van der Waals surface area contributed by atoms with Crippen molar-refractivity contribution in [3.8, 4) is 5.75 Å². The fourth-order valence-corrected chi connectivity index (χ4v) is 2.48. The van der Waals surface area contributed by atoms with Gasteiger partial charge in [0.25, 0.3) is 5.69 Å². The van der Waals surface area contributed by atoms with E-state index in [9.17, 15) is 10.1 Å². The first-order valence-electron chi connectivity index (χ1n) is 7.02. The molecule has 0 aromatic heterocycles. The average Bonchev–Trinajstić information content (AvgIpc) is 2.41. The van der Waals surface area contributed by atoms with Crippen molar-refractivity contribution in [1.82, 2.24) is 5.32 Å². The van der Waals surface area contributed by atoms with Crippen LogP contribution in [0, 0.1) is 10.1 Å². The monoisotopic (exact) mass is 279 g/mol. The zero-order valence-electron chi connectivity index (χ0n) is 11.9. The van der Waals surface area contributed by atoms with Gasteiger partial charge in [-0.25, -0.2) is 0 Å². The highest BCUT2D eigenvalue weighted by Gasteiger charge is 2.21. The molecule has 1 heterocycles. The summed E-state index contributed by atoms with van der Waals surface area (Å²) in [4.78, 5) is 10.6. The Morgan fingerprint density at radius 2 is 2.30 bits per heavy atom. The lowest BCUT2D eigenvalue weighted by Gasteiger charge is -2.31. The minimum atomic E-state index is -0.393. The van der Waals surface area contributed by atoms with Crippen molar-refractivity contribution in [1.29, 1.82) is 0 Å². The number of ether oxygens (including phenoxy) is 1. The summed E-state index contributed by atoms with van der Waals surface area (Å²) in [5.41, 5.74) is 0.790. The number of benzene rings is 1. The first-order chi connectivity index (χ1) is 9.60. The summed E-state index contributed by atoms with van der Waals surface area (Å²) in [6.07, 6.45) is 2.16.